The molecular weight excluding hydrogens is 600 g/mol. The molecule has 37 heavy (non-hydrogen) atoms. The first kappa shape index (κ1) is 24.6. The monoisotopic (exact) mass is 616 g/mol. The van der Waals surface area contributed by atoms with E-state index in [1.54, 1.807) is 48.5 Å². The number of aromatic hydroxyl groups is 1. The largest absolute Gasteiger partial charge is 0.507 e. The number of amides is 1. The van der Waals surface area contributed by atoms with E-state index in [0.717, 1.165) is 10.0 Å². The molecule has 0 unspecified atom stereocenters. The predicted octanol–water partition coefficient (Wildman–Crippen LogP) is 6.05. The molecule has 0 aliphatic rings. The van der Waals surface area contributed by atoms with E-state index in [2.05, 4.69) is 42.4 Å². The Morgan fingerprint density at radius 2 is 1.65 bits per heavy atom. The van der Waals surface area contributed by atoms with Gasteiger partial charge in [-0.1, -0.05) is 58.4 Å². The molecule has 5 aromatic rings. The van der Waals surface area contributed by atoms with Gasteiger partial charge in [0.1, 0.15) is 11.6 Å². The van der Waals surface area contributed by atoms with Crippen molar-refractivity contribution in [2.75, 3.05) is 0 Å². The Bertz CT molecular complexity index is 1720. The van der Waals surface area contributed by atoms with Crippen molar-refractivity contribution in [2.45, 2.75) is 0 Å². The maximum atomic E-state index is 13.7. The van der Waals surface area contributed by atoms with Crippen LogP contribution in [0.5, 0.6) is 5.75 Å². The number of carbonyl (C=O) groups excluding carboxylic acids is 1. The minimum absolute atomic E-state index is 0.0626. The number of fused-ring (bicyclic) bond motifs is 1. The first-order chi connectivity index (χ1) is 17.9. The quantitative estimate of drug-likeness (QED) is 0.185. The van der Waals surface area contributed by atoms with Crippen molar-refractivity contribution < 1.29 is 9.90 Å². The lowest BCUT2D eigenvalue weighted by molar-refractivity contribution is 0.0955. The number of hydrogen-bond donors (Lipinski definition) is 2. The van der Waals surface area contributed by atoms with Gasteiger partial charge in [0.25, 0.3) is 11.5 Å². The summed E-state index contributed by atoms with van der Waals surface area (Å²) in [4.78, 5) is 31.1. The van der Waals surface area contributed by atoms with Gasteiger partial charge in [0, 0.05) is 25.6 Å². The second kappa shape index (κ2) is 10.5. The van der Waals surface area contributed by atoms with Gasteiger partial charge in [-0.25, -0.2) is 10.4 Å². The van der Waals surface area contributed by atoms with Crippen molar-refractivity contribution in [3.8, 4) is 22.8 Å². The minimum atomic E-state index is -0.432. The molecule has 5 rings (SSSR count). The van der Waals surface area contributed by atoms with Crippen molar-refractivity contribution in [1.82, 2.24) is 15.0 Å². The van der Waals surface area contributed by atoms with Crippen LogP contribution in [-0.2, 0) is 0 Å². The molecule has 0 fully saturated rings. The number of aromatic nitrogens is 2. The van der Waals surface area contributed by atoms with Gasteiger partial charge in [0.2, 0.25) is 0 Å². The van der Waals surface area contributed by atoms with Crippen molar-refractivity contribution in [1.29, 1.82) is 0 Å². The zero-order valence-electron chi connectivity index (χ0n) is 19.1. The summed E-state index contributed by atoms with van der Waals surface area (Å²) in [7, 11) is 0. The highest BCUT2D eigenvalue weighted by molar-refractivity contribution is 9.11. The molecule has 0 bridgehead atoms. The van der Waals surface area contributed by atoms with Crippen molar-refractivity contribution in [2.24, 2.45) is 5.10 Å². The summed E-state index contributed by atoms with van der Waals surface area (Å²) in [5.74, 6) is 0.108. The predicted molar refractivity (Wildman–Crippen MR) is 151 cm³/mol. The number of phenols is 1. The molecule has 1 aromatic heterocycles. The second-order valence-electron chi connectivity index (χ2n) is 8.03. The van der Waals surface area contributed by atoms with Crippen molar-refractivity contribution in [3.63, 3.8) is 0 Å². The number of nitrogens with one attached hydrogen (secondary N) is 1. The van der Waals surface area contributed by atoms with Gasteiger partial charge in [0.05, 0.1) is 22.8 Å². The fraction of sp³-hybridized carbons (Fsp3) is 0. The van der Waals surface area contributed by atoms with Crippen LogP contribution >= 0.6 is 31.9 Å². The Morgan fingerprint density at radius 3 is 2.38 bits per heavy atom. The summed E-state index contributed by atoms with van der Waals surface area (Å²) in [6, 6.07) is 26.3. The summed E-state index contributed by atoms with van der Waals surface area (Å²) >= 11 is 6.97. The number of rotatable bonds is 5. The van der Waals surface area contributed by atoms with Crippen LogP contribution in [0, 0.1) is 0 Å². The summed E-state index contributed by atoms with van der Waals surface area (Å²) < 4.78 is 2.99. The third kappa shape index (κ3) is 5.09. The van der Waals surface area contributed by atoms with Crippen molar-refractivity contribution >= 4 is 54.9 Å². The summed E-state index contributed by atoms with van der Waals surface area (Å²) in [5.41, 5.74) is 4.93. The van der Waals surface area contributed by atoms with Gasteiger partial charge in [-0.05, 0) is 64.5 Å². The van der Waals surface area contributed by atoms with Crippen molar-refractivity contribution in [3.05, 3.63) is 121 Å². The lowest BCUT2D eigenvalue weighted by Crippen LogP contribution is -2.22. The van der Waals surface area contributed by atoms with Crippen LogP contribution in [0.15, 0.2) is 110 Å². The number of carbonyl (C=O) groups is 1. The minimum Gasteiger partial charge on any atom is -0.507 e. The number of phenolic OH excluding ortho intramolecular Hbond substituents is 1. The van der Waals surface area contributed by atoms with E-state index < -0.39 is 5.91 Å². The van der Waals surface area contributed by atoms with Crippen LogP contribution < -0.4 is 11.0 Å². The van der Waals surface area contributed by atoms with Gasteiger partial charge in [0.15, 0.2) is 0 Å². The average Bonchev–Trinajstić information content (AvgIpc) is 2.91. The summed E-state index contributed by atoms with van der Waals surface area (Å²) in [6.07, 6.45) is 1.37. The topological polar surface area (TPSA) is 96.6 Å². The van der Waals surface area contributed by atoms with E-state index in [4.69, 9.17) is 4.98 Å². The first-order valence-electron chi connectivity index (χ1n) is 11.1. The Morgan fingerprint density at radius 1 is 0.946 bits per heavy atom. The summed E-state index contributed by atoms with van der Waals surface area (Å²) in [5, 5.41) is 14.2. The maximum Gasteiger partial charge on any atom is 0.271 e. The lowest BCUT2D eigenvalue weighted by atomic mass is 10.1. The highest BCUT2D eigenvalue weighted by Crippen LogP contribution is 2.29. The number of para-hydroxylation sites is 1. The zero-order valence-corrected chi connectivity index (χ0v) is 22.3. The number of hydrogen-bond acceptors (Lipinski definition) is 5. The molecule has 9 heteroatoms. The smallest absolute Gasteiger partial charge is 0.271 e. The molecule has 4 aromatic carbocycles. The number of nitrogens with zero attached hydrogens (tertiary/aromatic N) is 3. The molecule has 1 amide bonds. The Balaban J connectivity index is 1.52. The summed E-state index contributed by atoms with van der Waals surface area (Å²) in [6.45, 7) is 0. The molecule has 0 atom stereocenters. The normalized spacial score (nSPS) is 11.2. The standard InChI is InChI=1S/C28H18Br2N4O3/c29-20-14-22-25(23(30)15-20)32-26(17-6-2-1-3-7-17)34(28(22)37)21-12-10-18(11-13-21)27(36)33-31-16-19-8-4-5-9-24(19)35/h1-16,35H,(H,33,36)/b31-16+. The lowest BCUT2D eigenvalue weighted by Gasteiger charge is -2.15. The first-order valence-corrected chi connectivity index (χ1v) is 12.7. The van der Waals surface area contributed by atoms with E-state index in [9.17, 15) is 14.7 Å². The molecular formula is C28H18Br2N4O3. The zero-order chi connectivity index (χ0) is 25.9. The molecule has 2 N–H and O–H groups in total. The highest BCUT2D eigenvalue weighted by atomic mass is 79.9. The van der Waals surface area contributed by atoms with E-state index in [1.165, 1.54) is 16.8 Å². The fourth-order valence-corrected chi connectivity index (χ4v) is 5.13. The van der Waals surface area contributed by atoms with Crippen LogP contribution in [0.25, 0.3) is 28.0 Å². The molecule has 7 nitrogen and oxygen atoms in total. The molecule has 0 saturated carbocycles. The van der Waals surface area contributed by atoms with E-state index in [1.807, 2.05) is 36.4 Å². The van der Waals surface area contributed by atoms with Crippen LogP contribution in [0.1, 0.15) is 15.9 Å². The van der Waals surface area contributed by atoms with Gasteiger partial charge in [-0.3, -0.25) is 14.2 Å². The van der Waals surface area contributed by atoms with Gasteiger partial charge in [-0.15, -0.1) is 0 Å². The van der Waals surface area contributed by atoms with E-state index >= 15 is 0 Å². The average molecular weight is 618 g/mol. The molecule has 0 saturated heterocycles. The molecule has 182 valence electrons. The van der Waals surface area contributed by atoms with Gasteiger partial charge < -0.3 is 5.11 Å². The van der Waals surface area contributed by atoms with Crippen LogP contribution in [0.3, 0.4) is 0 Å². The molecule has 0 spiro atoms. The Labute approximate surface area is 228 Å². The number of halogens is 2. The van der Waals surface area contributed by atoms with Gasteiger partial charge in [-0.2, -0.15) is 5.10 Å². The third-order valence-corrected chi connectivity index (χ3v) is 6.68. The second-order valence-corrected chi connectivity index (χ2v) is 9.80. The Hall–Kier alpha value is -4.08. The fourth-order valence-electron chi connectivity index (χ4n) is 3.82. The molecule has 1 heterocycles. The van der Waals surface area contributed by atoms with Crippen LogP contribution in [0.2, 0.25) is 0 Å². The maximum absolute atomic E-state index is 13.7. The molecule has 0 aliphatic carbocycles. The number of benzene rings is 4. The SMILES string of the molecule is O=C(N/N=C/c1ccccc1O)c1ccc(-n2c(-c3ccccc3)nc3c(Br)cc(Br)cc3c2=O)cc1. The Kier molecular flexibility index (Phi) is 6.98. The van der Waals surface area contributed by atoms with Gasteiger partial charge >= 0.3 is 0 Å². The number of hydrazone groups is 1. The van der Waals surface area contributed by atoms with Crippen LogP contribution in [-0.4, -0.2) is 26.8 Å². The molecule has 0 aliphatic heterocycles. The van der Waals surface area contributed by atoms with E-state index in [0.29, 0.717) is 38.0 Å². The molecule has 0 radical (unpaired) electrons. The van der Waals surface area contributed by atoms with E-state index in [-0.39, 0.29) is 11.3 Å². The van der Waals surface area contributed by atoms with Crippen LogP contribution in [0.4, 0.5) is 0 Å². The third-order valence-electron chi connectivity index (χ3n) is 5.62. The highest BCUT2D eigenvalue weighted by Gasteiger charge is 2.17.